The highest BCUT2D eigenvalue weighted by atomic mass is 79.9. The summed E-state index contributed by atoms with van der Waals surface area (Å²) in [6.45, 7) is 3.25. The van der Waals surface area contributed by atoms with Gasteiger partial charge < -0.3 is 4.84 Å². The average molecular weight is 347 g/mol. The van der Waals surface area contributed by atoms with Crippen molar-refractivity contribution >= 4 is 20.6 Å². The molecule has 0 N–H and O–H groups in total. The Bertz CT molecular complexity index is 553. The molecule has 2 aliphatic rings. The van der Waals surface area contributed by atoms with E-state index in [4.69, 9.17) is 11.3 Å². The van der Waals surface area contributed by atoms with Crippen molar-refractivity contribution in [3.05, 3.63) is 35.4 Å². The molecule has 0 spiro atoms. The lowest BCUT2D eigenvalue weighted by Crippen LogP contribution is -2.37. The van der Waals surface area contributed by atoms with Gasteiger partial charge in [0.25, 0.3) is 0 Å². The Hall–Kier alpha value is -1.31. The number of oxime groups is 1. The van der Waals surface area contributed by atoms with Crippen molar-refractivity contribution in [2.75, 3.05) is 13.1 Å². The predicted octanol–water partition coefficient (Wildman–Crippen LogP) is 3.38. The van der Waals surface area contributed by atoms with Crippen molar-refractivity contribution in [2.45, 2.75) is 31.9 Å². The standard InChI is InChI=1S/C17H19BrN2O/c1-2-13-3-5-14(6-4-13)12-20-9-7-15(8-10-20)16-11-17(18)19-21-16/h1,3-6,15-16H,7-12H2/t16-/m1/s1. The summed E-state index contributed by atoms with van der Waals surface area (Å²) in [5.74, 6) is 3.28. The molecule has 2 heterocycles. The SMILES string of the molecule is C#Cc1ccc(CN2CCC([C@H]3CC(Br)=NO3)CC2)cc1. The molecule has 0 aromatic heterocycles. The molecule has 0 amide bonds. The summed E-state index contributed by atoms with van der Waals surface area (Å²) >= 11 is 3.41. The van der Waals surface area contributed by atoms with Gasteiger partial charge in [-0.25, -0.2) is 0 Å². The summed E-state index contributed by atoms with van der Waals surface area (Å²) in [6, 6.07) is 8.30. The van der Waals surface area contributed by atoms with Crippen molar-refractivity contribution in [1.82, 2.24) is 4.90 Å². The smallest absolute Gasteiger partial charge is 0.136 e. The Kier molecular flexibility index (Phi) is 4.62. The van der Waals surface area contributed by atoms with Gasteiger partial charge in [0.05, 0.1) is 0 Å². The Morgan fingerprint density at radius 1 is 1.29 bits per heavy atom. The molecule has 0 unspecified atom stereocenters. The molecular weight excluding hydrogens is 328 g/mol. The molecule has 1 aromatic rings. The van der Waals surface area contributed by atoms with Crippen LogP contribution in [0, 0.1) is 18.3 Å². The third-order valence-electron chi connectivity index (χ3n) is 4.34. The van der Waals surface area contributed by atoms with Crippen LogP contribution < -0.4 is 0 Å². The molecule has 3 nitrogen and oxygen atoms in total. The topological polar surface area (TPSA) is 24.8 Å². The molecule has 110 valence electrons. The first-order valence-corrected chi connectivity index (χ1v) is 8.20. The van der Waals surface area contributed by atoms with Crippen LogP contribution in [0.2, 0.25) is 0 Å². The van der Waals surface area contributed by atoms with Gasteiger partial charge in [0, 0.05) is 24.4 Å². The van der Waals surface area contributed by atoms with E-state index in [-0.39, 0.29) is 6.10 Å². The molecule has 2 aliphatic heterocycles. The first kappa shape index (κ1) is 14.6. The van der Waals surface area contributed by atoms with Crippen molar-refractivity contribution in [2.24, 2.45) is 11.1 Å². The Morgan fingerprint density at radius 2 is 2.00 bits per heavy atom. The summed E-state index contributed by atoms with van der Waals surface area (Å²) in [6.07, 6.45) is 8.95. The summed E-state index contributed by atoms with van der Waals surface area (Å²) in [5.41, 5.74) is 2.28. The molecule has 1 aromatic carbocycles. The molecule has 0 radical (unpaired) electrons. The lowest BCUT2D eigenvalue weighted by molar-refractivity contribution is 0.0127. The number of benzene rings is 1. The first-order chi connectivity index (χ1) is 10.2. The molecule has 3 rings (SSSR count). The fraction of sp³-hybridized carbons (Fsp3) is 0.471. The van der Waals surface area contributed by atoms with Crippen molar-refractivity contribution < 1.29 is 4.84 Å². The van der Waals surface area contributed by atoms with Crippen molar-refractivity contribution in [3.8, 4) is 12.3 Å². The zero-order valence-electron chi connectivity index (χ0n) is 12.0. The van der Waals surface area contributed by atoms with Gasteiger partial charge in [-0.1, -0.05) is 23.2 Å². The van der Waals surface area contributed by atoms with Crippen LogP contribution in [-0.4, -0.2) is 28.7 Å². The van der Waals surface area contributed by atoms with E-state index in [2.05, 4.69) is 44.0 Å². The second-order valence-electron chi connectivity index (χ2n) is 5.77. The second-order valence-corrected chi connectivity index (χ2v) is 6.69. The van der Waals surface area contributed by atoms with E-state index >= 15 is 0 Å². The van der Waals surface area contributed by atoms with Crippen LogP contribution in [0.15, 0.2) is 29.4 Å². The highest BCUT2D eigenvalue weighted by Crippen LogP contribution is 2.29. The van der Waals surface area contributed by atoms with Crippen LogP contribution in [0.1, 0.15) is 30.4 Å². The lowest BCUT2D eigenvalue weighted by Gasteiger charge is -2.33. The summed E-state index contributed by atoms with van der Waals surface area (Å²) in [7, 11) is 0. The maximum atomic E-state index is 5.49. The quantitative estimate of drug-likeness (QED) is 0.783. The predicted molar refractivity (Wildman–Crippen MR) is 88.2 cm³/mol. The maximum Gasteiger partial charge on any atom is 0.136 e. The van der Waals surface area contributed by atoms with Crippen LogP contribution in [0.3, 0.4) is 0 Å². The van der Waals surface area contributed by atoms with Gasteiger partial charge in [-0.2, -0.15) is 0 Å². The van der Waals surface area contributed by atoms with Gasteiger partial charge in [-0.05, 0) is 59.6 Å². The molecule has 0 aliphatic carbocycles. The molecule has 1 saturated heterocycles. The highest BCUT2D eigenvalue weighted by molar-refractivity contribution is 9.18. The van der Waals surface area contributed by atoms with Crippen molar-refractivity contribution in [1.29, 1.82) is 0 Å². The molecule has 1 atom stereocenters. The van der Waals surface area contributed by atoms with Gasteiger partial charge >= 0.3 is 0 Å². The second kappa shape index (κ2) is 6.64. The molecule has 0 bridgehead atoms. The van der Waals surface area contributed by atoms with Crippen LogP contribution >= 0.6 is 15.9 Å². The van der Waals surface area contributed by atoms with E-state index < -0.39 is 0 Å². The number of piperidine rings is 1. The minimum atomic E-state index is 0.274. The van der Waals surface area contributed by atoms with Crippen LogP contribution in [-0.2, 0) is 11.4 Å². The van der Waals surface area contributed by atoms with Gasteiger partial charge in [0.1, 0.15) is 10.7 Å². The third-order valence-corrected chi connectivity index (χ3v) is 4.81. The summed E-state index contributed by atoms with van der Waals surface area (Å²) in [5, 5.41) is 4.00. The number of terminal acetylenes is 1. The Morgan fingerprint density at radius 3 is 2.57 bits per heavy atom. The van der Waals surface area contributed by atoms with Gasteiger partial charge in [0.2, 0.25) is 0 Å². The van der Waals surface area contributed by atoms with Gasteiger partial charge in [-0.3, -0.25) is 4.90 Å². The summed E-state index contributed by atoms with van der Waals surface area (Å²) in [4.78, 5) is 7.99. The van der Waals surface area contributed by atoms with E-state index in [1.165, 1.54) is 18.4 Å². The normalized spacial score (nSPS) is 23.4. The number of hydrogen-bond acceptors (Lipinski definition) is 3. The maximum absolute atomic E-state index is 5.49. The lowest BCUT2D eigenvalue weighted by atomic mass is 9.90. The van der Waals surface area contributed by atoms with E-state index in [1.54, 1.807) is 0 Å². The summed E-state index contributed by atoms with van der Waals surface area (Å²) < 4.78 is 0.948. The molecular formula is C17H19BrN2O. The first-order valence-electron chi connectivity index (χ1n) is 7.40. The Labute approximate surface area is 134 Å². The number of nitrogens with zero attached hydrogens (tertiary/aromatic N) is 2. The number of hydrogen-bond donors (Lipinski definition) is 0. The number of halogens is 1. The van der Waals surface area contributed by atoms with Gasteiger partial charge in [0.15, 0.2) is 0 Å². The van der Waals surface area contributed by atoms with Crippen LogP contribution in [0.4, 0.5) is 0 Å². The van der Waals surface area contributed by atoms with Crippen molar-refractivity contribution in [3.63, 3.8) is 0 Å². The fourth-order valence-corrected chi connectivity index (χ4v) is 3.47. The number of likely N-dealkylation sites (tertiary alicyclic amines) is 1. The van der Waals surface area contributed by atoms with Crippen LogP contribution in [0.5, 0.6) is 0 Å². The Balaban J connectivity index is 1.48. The fourth-order valence-electron chi connectivity index (χ4n) is 3.07. The van der Waals surface area contributed by atoms with Crippen LogP contribution in [0.25, 0.3) is 0 Å². The third kappa shape index (κ3) is 3.66. The minimum absolute atomic E-state index is 0.274. The zero-order chi connectivity index (χ0) is 14.7. The average Bonchev–Trinajstić information content (AvgIpc) is 2.95. The largest absolute Gasteiger partial charge is 0.391 e. The highest BCUT2D eigenvalue weighted by Gasteiger charge is 2.31. The van der Waals surface area contributed by atoms with E-state index in [1.807, 2.05) is 12.1 Å². The van der Waals surface area contributed by atoms with Gasteiger partial charge in [-0.15, -0.1) is 6.42 Å². The monoisotopic (exact) mass is 346 g/mol. The van der Waals surface area contributed by atoms with E-state index in [9.17, 15) is 0 Å². The molecule has 0 saturated carbocycles. The molecule has 21 heavy (non-hydrogen) atoms. The molecule has 1 fully saturated rings. The number of rotatable bonds is 3. The zero-order valence-corrected chi connectivity index (χ0v) is 13.6. The minimum Gasteiger partial charge on any atom is -0.391 e. The van der Waals surface area contributed by atoms with E-state index in [0.29, 0.717) is 5.92 Å². The molecule has 4 heteroatoms. The van der Waals surface area contributed by atoms with E-state index in [0.717, 1.165) is 36.2 Å².